The first-order valence-corrected chi connectivity index (χ1v) is 8.46. The molecule has 0 heterocycles. The monoisotopic (exact) mass is 300 g/mol. The van der Waals surface area contributed by atoms with Crippen molar-refractivity contribution in [3.63, 3.8) is 0 Å². The third-order valence-corrected chi connectivity index (χ3v) is 3.33. The summed E-state index contributed by atoms with van der Waals surface area (Å²) >= 11 is 0. The Morgan fingerprint density at radius 2 is 1.33 bits per heavy atom. The van der Waals surface area contributed by atoms with E-state index >= 15 is 0 Å². The number of nitrogens with one attached hydrogen (secondary N) is 2. The van der Waals surface area contributed by atoms with Gasteiger partial charge in [0.2, 0.25) is 11.8 Å². The van der Waals surface area contributed by atoms with E-state index in [-0.39, 0.29) is 11.8 Å². The fraction of sp³-hybridized carbons (Fsp3) is 0.882. The number of amides is 2. The molecule has 0 aliphatic carbocycles. The minimum atomic E-state index is 0.0573. The molecule has 0 bridgehead atoms. The Morgan fingerprint density at radius 3 is 1.71 bits per heavy atom. The summed E-state index contributed by atoms with van der Waals surface area (Å²) < 4.78 is 0. The van der Waals surface area contributed by atoms with Gasteiger partial charge in [0, 0.05) is 26.9 Å². The Kier molecular flexibility index (Phi) is 18.0. The summed E-state index contributed by atoms with van der Waals surface area (Å²) in [7, 11) is 0. The fourth-order valence-corrected chi connectivity index (χ4v) is 2.00. The van der Waals surface area contributed by atoms with Gasteiger partial charge in [-0.25, -0.2) is 0 Å². The first-order chi connectivity index (χ1) is 9.97. The van der Waals surface area contributed by atoms with Crippen molar-refractivity contribution in [1.29, 1.82) is 0 Å². The molecular formula is C17H36N2O2. The zero-order valence-corrected chi connectivity index (χ0v) is 14.8. The van der Waals surface area contributed by atoms with Crippen LogP contribution >= 0.6 is 0 Å². The number of carbonyl (C=O) groups is 2. The molecule has 2 N–H and O–H groups in total. The molecule has 0 rings (SSSR count). The van der Waals surface area contributed by atoms with Gasteiger partial charge >= 0.3 is 0 Å². The first kappa shape index (κ1) is 22.2. The molecule has 0 aromatic rings. The molecule has 0 aromatic heterocycles. The van der Waals surface area contributed by atoms with Crippen LogP contribution in [0.5, 0.6) is 0 Å². The maximum atomic E-state index is 10.6. The predicted molar refractivity (Wildman–Crippen MR) is 90.2 cm³/mol. The summed E-state index contributed by atoms with van der Waals surface area (Å²) in [6.45, 7) is 11.3. The van der Waals surface area contributed by atoms with Gasteiger partial charge < -0.3 is 10.6 Å². The van der Waals surface area contributed by atoms with Crippen molar-refractivity contribution in [2.45, 2.75) is 79.6 Å². The van der Waals surface area contributed by atoms with E-state index in [1.807, 2.05) is 6.92 Å². The minimum Gasteiger partial charge on any atom is -0.356 e. The second-order valence-corrected chi connectivity index (χ2v) is 5.52. The lowest BCUT2D eigenvalue weighted by atomic mass is 9.94. The highest BCUT2D eigenvalue weighted by atomic mass is 16.1. The molecule has 0 fully saturated rings. The van der Waals surface area contributed by atoms with Crippen molar-refractivity contribution < 1.29 is 9.59 Å². The first-order valence-electron chi connectivity index (χ1n) is 8.46. The van der Waals surface area contributed by atoms with Crippen LogP contribution in [0.15, 0.2) is 0 Å². The van der Waals surface area contributed by atoms with Crippen molar-refractivity contribution >= 4 is 11.8 Å². The lowest BCUT2D eigenvalue weighted by molar-refractivity contribution is -0.119. The highest BCUT2D eigenvalue weighted by Gasteiger charge is 2.04. The van der Waals surface area contributed by atoms with Gasteiger partial charge in [-0.3, -0.25) is 9.59 Å². The third kappa shape index (κ3) is 21.4. The van der Waals surface area contributed by atoms with E-state index in [0.717, 1.165) is 31.8 Å². The summed E-state index contributed by atoms with van der Waals surface area (Å²) in [5.41, 5.74) is 0. The summed E-state index contributed by atoms with van der Waals surface area (Å²) in [5.74, 6) is 1.01. The Labute approximate surface area is 131 Å². The Balaban J connectivity index is 0. The van der Waals surface area contributed by atoms with Crippen molar-refractivity contribution in [2.75, 3.05) is 13.1 Å². The van der Waals surface area contributed by atoms with Gasteiger partial charge in [-0.2, -0.15) is 0 Å². The number of hydrogen-bond donors (Lipinski definition) is 2. The fourth-order valence-electron chi connectivity index (χ4n) is 2.00. The third-order valence-electron chi connectivity index (χ3n) is 3.33. The summed E-state index contributed by atoms with van der Waals surface area (Å²) in [4.78, 5) is 20.7. The number of unbranched alkanes of at least 4 members (excludes halogenated alkanes) is 1. The topological polar surface area (TPSA) is 58.2 Å². The number of carbonyl (C=O) groups excluding carboxylic acids is 2. The van der Waals surface area contributed by atoms with Gasteiger partial charge in [0.25, 0.3) is 0 Å². The minimum absolute atomic E-state index is 0.0573. The SMILES string of the molecule is CCCCC(CC)CCCNC(C)=O.CCCNC(C)=O. The average Bonchev–Trinajstić information content (AvgIpc) is 2.44. The summed E-state index contributed by atoms with van der Waals surface area (Å²) in [6.07, 6.45) is 8.67. The molecule has 21 heavy (non-hydrogen) atoms. The second-order valence-electron chi connectivity index (χ2n) is 5.52. The highest BCUT2D eigenvalue weighted by Crippen LogP contribution is 2.17. The molecule has 0 aliphatic rings. The van der Waals surface area contributed by atoms with E-state index in [1.165, 1.54) is 39.0 Å². The molecule has 4 nitrogen and oxygen atoms in total. The van der Waals surface area contributed by atoms with Gasteiger partial charge in [0.15, 0.2) is 0 Å². The van der Waals surface area contributed by atoms with E-state index < -0.39 is 0 Å². The smallest absolute Gasteiger partial charge is 0.216 e. The Bertz CT molecular complexity index is 255. The normalized spacial score (nSPS) is 11.1. The maximum absolute atomic E-state index is 10.6. The van der Waals surface area contributed by atoms with Crippen molar-refractivity contribution in [3.05, 3.63) is 0 Å². The van der Waals surface area contributed by atoms with Gasteiger partial charge in [0.05, 0.1) is 0 Å². The van der Waals surface area contributed by atoms with Crippen LogP contribution in [0.2, 0.25) is 0 Å². The molecule has 0 spiro atoms. The van der Waals surface area contributed by atoms with Crippen LogP contribution in [-0.4, -0.2) is 24.9 Å². The lowest BCUT2D eigenvalue weighted by Gasteiger charge is -2.13. The summed E-state index contributed by atoms with van der Waals surface area (Å²) in [5, 5.41) is 5.50. The maximum Gasteiger partial charge on any atom is 0.216 e. The van der Waals surface area contributed by atoms with Crippen LogP contribution in [0.3, 0.4) is 0 Å². The highest BCUT2D eigenvalue weighted by molar-refractivity contribution is 5.72. The molecule has 126 valence electrons. The van der Waals surface area contributed by atoms with Gasteiger partial charge in [-0.15, -0.1) is 0 Å². The van der Waals surface area contributed by atoms with Crippen LogP contribution in [0.4, 0.5) is 0 Å². The van der Waals surface area contributed by atoms with Gasteiger partial charge in [-0.05, 0) is 25.2 Å². The zero-order valence-electron chi connectivity index (χ0n) is 14.8. The molecular weight excluding hydrogens is 264 g/mol. The van der Waals surface area contributed by atoms with Gasteiger partial charge in [0.1, 0.15) is 0 Å². The molecule has 0 saturated heterocycles. The van der Waals surface area contributed by atoms with Gasteiger partial charge in [-0.1, -0.05) is 46.5 Å². The van der Waals surface area contributed by atoms with E-state index in [2.05, 4.69) is 24.5 Å². The van der Waals surface area contributed by atoms with Crippen molar-refractivity contribution in [2.24, 2.45) is 5.92 Å². The summed E-state index contributed by atoms with van der Waals surface area (Å²) in [6, 6.07) is 0. The predicted octanol–water partition coefficient (Wildman–Crippen LogP) is 3.65. The zero-order chi connectivity index (χ0) is 16.5. The molecule has 1 atom stereocenters. The molecule has 2 amide bonds. The Morgan fingerprint density at radius 1 is 0.810 bits per heavy atom. The largest absolute Gasteiger partial charge is 0.356 e. The van der Waals surface area contributed by atoms with Crippen LogP contribution in [-0.2, 0) is 9.59 Å². The molecule has 0 radical (unpaired) electrons. The van der Waals surface area contributed by atoms with Crippen LogP contribution in [0, 0.1) is 5.92 Å². The van der Waals surface area contributed by atoms with Crippen LogP contribution < -0.4 is 10.6 Å². The van der Waals surface area contributed by atoms with E-state index in [4.69, 9.17) is 0 Å². The molecule has 0 saturated carbocycles. The van der Waals surface area contributed by atoms with Crippen molar-refractivity contribution in [3.8, 4) is 0 Å². The number of rotatable bonds is 10. The molecule has 0 aromatic carbocycles. The van der Waals surface area contributed by atoms with Crippen LogP contribution in [0.1, 0.15) is 79.6 Å². The van der Waals surface area contributed by atoms with E-state index in [9.17, 15) is 9.59 Å². The molecule has 0 aliphatic heterocycles. The Hall–Kier alpha value is -1.06. The van der Waals surface area contributed by atoms with Crippen LogP contribution in [0.25, 0.3) is 0 Å². The average molecular weight is 300 g/mol. The number of hydrogen-bond acceptors (Lipinski definition) is 2. The lowest BCUT2D eigenvalue weighted by Crippen LogP contribution is -2.21. The van der Waals surface area contributed by atoms with E-state index in [0.29, 0.717) is 0 Å². The molecule has 4 heteroatoms. The second kappa shape index (κ2) is 17.0. The van der Waals surface area contributed by atoms with Crippen molar-refractivity contribution in [1.82, 2.24) is 10.6 Å². The van der Waals surface area contributed by atoms with E-state index in [1.54, 1.807) is 6.92 Å². The standard InChI is InChI=1S/C12H25NO.C5H11NO/c1-4-6-8-12(5-2)9-7-10-13-11(3)14;1-3-4-6-5(2)7/h12H,4-10H2,1-3H3,(H,13,14);3-4H2,1-2H3,(H,6,7). The molecule has 1 unspecified atom stereocenters. The quantitative estimate of drug-likeness (QED) is 0.605.